The number of fused-ring (bicyclic) bond motifs is 6. The van der Waals surface area contributed by atoms with Crippen LogP contribution in [0.5, 0.6) is 0 Å². The predicted octanol–water partition coefficient (Wildman–Crippen LogP) is 7.77. The fraction of sp³-hybridized carbons (Fsp3) is 0.294. The van der Waals surface area contributed by atoms with E-state index < -0.39 is 12.2 Å². The second-order valence-corrected chi connectivity index (χ2v) is 14.5. The van der Waals surface area contributed by atoms with E-state index in [9.17, 15) is 10.2 Å². The summed E-state index contributed by atoms with van der Waals surface area (Å²) in [7, 11) is 0. The van der Waals surface area contributed by atoms with Gasteiger partial charge in [0, 0.05) is 102 Å². The number of benzene rings is 4. The van der Waals surface area contributed by atoms with Crippen LogP contribution in [0.3, 0.4) is 0 Å². The van der Waals surface area contributed by atoms with Crippen LogP contribution in [0.15, 0.2) is 81.7 Å². The van der Waals surface area contributed by atoms with Crippen molar-refractivity contribution in [2.75, 3.05) is 39.3 Å². The molecule has 1 fully saturated rings. The number of aliphatic hydroxyl groups is 2. The van der Waals surface area contributed by atoms with Crippen LogP contribution in [-0.4, -0.2) is 80.6 Å². The molecule has 6 aromatic rings. The molecular formula is C34H32Br2Cl2N4O2. The Morgan fingerprint density at radius 2 is 0.864 bits per heavy atom. The molecule has 1 aliphatic heterocycles. The van der Waals surface area contributed by atoms with Crippen LogP contribution in [0.1, 0.15) is 0 Å². The molecule has 3 heterocycles. The molecule has 0 spiro atoms. The SMILES string of the molecule is O[C@H](CN1CCN(C[C@H](O)Cn2c3ccc(Br)cc3c3cc(Br)ccc32)CC1)Cn1c2ccc(Cl)cc2c2cc(Cl)ccc21. The summed E-state index contributed by atoms with van der Waals surface area (Å²) in [6.07, 6.45) is -1.04. The number of halogens is 4. The van der Waals surface area contributed by atoms with E-state index in [1.54, 1.807) is 0 Å². The molecule has 1 saturated heterocycles. The van der Waals surface area contributed by atoms with Gasteiger partial charge in [-0.05, 0) is 72.8 Å². The first kappa shape index (κ1) is 30.5. The van der Waals surface area contributed by atoms with E-state index in [1.807, 2.05) is 36.4 Å². The molecule has 1 aliphatic rings. The van der Waals surface area contributed by atoms with Gasteiger partial charge in [0.05, 0.1) is 25.3 Å². The Kier molecular flexibility index (Phi) is 8.72. The van der Waals surface area contributed by atoms with Crippen molar-refractivity contribution in [1.29, 1.82) is 0 Å². The van der Waals surface area contributed by atoms with E-state index in [-0.39, 0.29) is 0 Å². The number of aromatic nitrogens is 2. The Balaban J connectivity index is 0.983. The number of aliphatic hydroxyl groups excluding tert-OH is 2. The zero-order valence-electron chi connectivity index (χ0n) is 23.9. The normalized spacial score (nSPS) is 16.5. The van der Waals surface area contributed by atoms with E-state index in [4.69, 9.17) is 23.2 Å². The molecule has 0 amide bonds. The van der Waals surface area contributed by atoms with Crippen molar-refractivity contribution >= 4 is 98.7 Å². The van der Waals surface area contributed by atoms with Gasteiger partial charge >= 0.3 is 0 Å². The van der Waals surface area contributed by atoms with Gasteiger partial charge in [-0.25, -0.2) is 0 Å². The molecule has 228 valence electrons. The summed E-state index contributed by atoms with van der Waals surface area (Å²) in [5, 5.41) is 28.2. The van der Waals surface area contributed by atoms with Gasteiger partial charge in [0.2, 0.25) is 0 Å². The first-order valence-corrected chi connectivity index (χ1v) is 17.1. The zero-order valence-corrected chi connectivity index (χ0v) is 28.6. The number of rotatable bonds is 8. The highest BCUT2D eigenvalue weighted by molar-refractivity contribution is 9.10. The van der Waals surface area contributed by atoms with Crippen LogP contribution in [0, 0.1) is 0 Å². The standard InChI is InChI=1S/C34H32Br2Cl2N4O2/c35-21-1-5-31-27(13-21)28-14-22(36)2-6-32(28)41(31)19-25(43)17-39-9-11-40(12-10-39)18-26(44)20-42-33-7-3-23(37)15-29(33)30-16-24(38)4-8-34(30)42/h1-8,13-16,25-26,43-44H,9-12,17-20H2/t25-,26+/m0/s1. The summed E-state index contributed by atoms with van der Waals surface area (Å²) in [5.41, 5.74) is 4.31. The smallest absolute Gasteiger partial charge is 0.0845 e. The first-order chi connectivity index (χ1) is 21.2. The third-order valence-electron chi connectivity index (χ3n) is 8.77. The molecule has 0 unspecified atom stereocenters. The molecule has 6 nitrogen and oxygen atoms in total. The van der Waals surface area contributed by atoms with Crippen LogP contribution in [0.2, 0.25) is 10.0 Å². The second-order valence-electron chi connectivity index (χ2n) is 11.8. The predicted molar refractivity (Wildman–Crippen MR) is 189 cm³/mol. The van der Waals surface area contributed by atoms with Gasteiger partial charge in [-0.15, -0.1) is 0 Å². The van der Waals surface area contributed by atoms with Crippen LogP contribution in [0.25, 0.3) is 43.6 Å². The molecule has 2 aromatic heterocycles. The minimum Gasteiger partial charge on any atom is -0.390 e. The average molecular weight is 759 g/mol. The van der Waals surface area contributed by atoms with E-state index >= 15 is 0 Å². The van der Waals surface area contributed by atoms with Crippen molar-refractivity contribution < 1.29 is 10.2 Å². The van der Waals surface area contributed by atoms with Gasteiger partial charge in [-0.2, -0.15) is 0 Å². The lowest BCUT2D eigenvalue weighted by Crippen LogP contribution is -2.50. The van der Waals surface area contributed by atoms with Crippen molar-refractivity contribution in [3.63, 3.8) is 0 Å². The Morgan fingerprint density at radius 1 is 0.523 bits per heavy atom. The Bertz CT molecular complexity index is 1740. The van der Waals surface area contributed by atoms with E-state index in [0.717, 1.165) is 68.0 Å². The molecule has 10 heteroatoms. The van der Waals surface area contributed by atoms with Crippen LogP contribution >= 0.6 is 55.1 Å². The fourth-order valence-corrected chi connectivity index (χ4v) is 7.84. The number of piperazine rings is 1. The summed E-state index contributed by atoms with van der Waals surface area (Å²) in [6.45, 7) is 5.60. The lowest BCUT2D eigenvalue weighted by atomic mass is 10.1. The van der Waals surface area contributed by atoms with Crippen molar-refractivity contribution in [2.24, 2.45) is 0 Å². The number of hydrogen-bond donors (Lipinski definition) is 2. The summed E-state index contributed by atoms with van der Waals surface area (Å²) in [4.78, 5) is 4.65. The van der Waals surface area contributed by atoms with E-state index in [2.05, 4.69) is 87.2 Å². The van der Waals surface area contributed by atoms with Crippen LogP contribution in [0.4, 0.5) is 0 Å². The molecule has 44 heavy (non-hydrogen) atoms. The van der Waals surface area contributed by atoms with Gasteiger partial charge in [-0.3, -0.25) is 9.80 Å². The van der Waals surface area contributed by atoms with Crippen molar-refractivity contribution in [2.45, 2.75) is 25.3 Å². The molecule has 0 saturated carbocycles. The average Bonchev–Trinajstić information content (AvgIpc) is 3.44. The lowest BCUT2D eigenvalue weighted by molar-refractivity contribution is 0.0415. The summed E-state index contributed by atoms with van der Waals surface area (Å²) in [6, 6.07) is 24.4. The van der Waals surface area contributed by atoms with Gasteiger partial charge < -0.3 is 19.3 Å². The minimum atomic E-state index is -0.535. The topological polar surface area (TPSA) is 56.8 Å². The second kappa shape index (κ2) is 12.6. The fourth-order valence-electron chi connectivity index (χ4n) is 6.78. The lowest BCUT2D eigenvalue weighted by Gasteiger charge is -2.36. The Hall–Kier alpha value is -2.14. The highest BCUT2D eigenvalue weighted by Gasteiger charge is 2.23. The molecule has 0 radical (unpaired) electrons. The Labute approximate surface area is 282 Å². The van der Waals surface area contributed by atoms with Crippen LogP contribution < -0.4 is 0 Å². The third-order valence-corrected chi connectivity index (χ3v) is 10.2. The number of nitrogens with zero attached hydrogens (tertiary/aromatic N) is 4. The van der Waals surface area contributed by atoms with E-state index in [0.29, 0.717) is 36.2 Å². The largest absolute Gasteiger partial charge is 0.390 e. The monoisotopic (exact) mass is 756 g/mol. The van der Waals surface area contributed by atoms with Crippen LogP contribution in [-0.2, 0) is 13.1 Å². The summed E-state index contributed by atoms with van der Waals surface area (Å²) < 4.78 is 6.48. The molecular weight excluding hydrogens is 727 g/mol. The zero-order chi connectivity index (χ0) is 30.5. The molecule has 2 N–H and O–H groups in total. The van der Waals surface area contributed by atoms with Gasteiger partial charge in [0.15, 0.2) is 0 Å². The third kappa shape index (κ3) is 6.04. The molecule has 2 atom stereocenters. The van der Waals surface area contributed by atoms with Gasteiger partial charge in [0.1, 0.15) is 0 Å². The molecule has 7 rings (SSSR count). The highest BCUT2D eigenvalue weighted by atomic mass is 79.9. The van der Waals surface area contributed by atoms with Gasteiger partial charge in [0.25, 0.3) is 0 Å². The number of β-amino-alcohol motifs (C(OH)–C–C–N with tert-alkyl or cyclic N) is 2. The summed E-state index contributed by atoms with van der Waals surface area (Å²) in [5.74, 6) is 0. The maximum Gasteiger partial charge on any atom is 0.0845 e. The van der Waals surface area contributed by atoms with Crippen molar-refractivity contribution in [3.8, 4) is 0 Å². The maximum absolute atomic E-state index is 11.2. The maximum atomic E-state index is 11.2. The summed E-state index contributed by atoms with van der Waals surface area (Å²) >= 11 is 19.9. The van der Waals surface area contributed by atoms with Crippen molar-refractivity contribution in [1.82, 2.24) is 18.9 Å². The molecule has 0 bridgehead atoms. The molecule has 4 aromatic carbocycles. The van der Waals surface area contributed by atoms with Crippen molar-refractivity contribution in [3.05, 3.63) is 91.8 Å². The quantitative estimate of drug-likeness (QED) is 0.167. The number of hydrogen-bond acceptors (Lipinski definition) is 4. The van der Waals surface area contributed by atoms with Gasteiger partial charge in [-0.1, -0.05) is 55.1 Å². The van der Waals surface area contributed by atoms with E-state index in [1.165, 1.54) is 10.8 Å². The minimum absolute atomic E-state index is 0.480. The molecule has 0 aliphatic carbocycles. The first-order valence-electron chi connectivity index (χ1n) is 14.8. The highest BCUT2D eigenvalue weighted by Crippen LogP contribution is 2.34. The Morgan fingerprint density at radius 3 is 1.25 bits per heavy atom.